The SMILES string of the molecule is CCCNC(CC)C1CCCC(C(C)C)CC1. The van der Waals surface area contributed by atoms with Gasteiger partial charge in [-0.1, -0.05) is 40.5 Å². The predicted octanol–water partition coefficient (Wildman–Crippen LogP) is 4.62. The van der Waals surface area contributed by atoms with Crippen LogP contribution in [0.1, 0.15) is 72.6 Å². The first kappa shape index (κ1) is 15.0. The smallest absolute Gasteiger partial charge is 0.00926 e. The highest BCUT2D eigenvalue weighted by molar-refractivity contribution is 4.80. The second-order valence-electron chi connectivity index (χ2n) is 6.24. The Hall–Kier alpha value is -0.0400. The maximum Gasteiger partial charge on any atom is 0.00926 e. The van der Waals surface area contributed by atoms with Crippen molar-refractivity contribution in [3.63, 3.8) is 0 Å². The fraction of sp³-hybridized carbons (Fsp3) is 1.00. The summed E-state index contributed by atoms with van der Waals surface area (Å²) < 4.78 is 0. The van der Waals surface area contributed by atoms with Gasteiger partial charge in [-0.25, -0.2) is 0 Å². The van der Waals surface area contributed by atoms with Crippen molar-refractivity contribution in [1.82, 2.24) is 5.32 Å². The Bertz CT molecular complexity index is 188. The van der Waals surface area contributed by atoms with Gasteiger partial charge in [-0.15, -0.1) is 0 Å². The molecule has 0 spiro atoms. The lowest BCUT2D eigenvalue weighted by molar-refractivity contribution is 0.296. The van der Waals surface area contributed by atoms with Gasteiger partial charge in [-0.2, -0.15) is 0 Å². The molecule has 0 saturated heterocycles. The Labute approximate surface area is 109 Å². The Morgan fingerprint density at radius 2 is 1.65 bits per heavy atom. The Morgan fingerprint density at radius 1 is 1.00 bits per heavy atom. The van der Waals surface area contributed by atoms with E-state index in [1.54, 1.807) is 0 Å². The van der Waals surface area contributed by atoms with E-state index in [9.17, 15) is 0 Å². The summed E-state index contributed by atoms with van der Waals surface area (Å²) in [6, 6.07) is 0.779. The molecule has 0 bridgehead atoms. The molecule has 1 heteroatoms. The lowest BCUT2D eigenvalue weighted by atomic mass is 9.87. The third kappa shape index (κ3) is 4.99. The van der Waals surface area contributed by atoms with Crippen molar-refractivity contribution in [3.8, 4) is 0 Å². The van der Waals surface area contributed by atoms with E-state index in [1.807, 2.05) is 0 Å². The first-order valence-corrected chi connectivity index (χ1v) is 7.92. The average molecular weight is 239 g/mol. The average Bonchev–Trinajstić information content (AvgIpc) is 2.56. The summed E-state index contributed by atoms with van der Waals surface area (Å²) in [5.41, 5.74) is 0. The molecule has 1 rings (SSSR count). The van der Waals surface area contributed by atoms with Gasteiger partial charge < -0.3 is 5.32 Å². The summed E-state index contributed by atoms with van der Waals surface area (Å²) >= 11 is 0. The van der Waals surface area contributed by atoms with Crippen molar-refractivity contribution in [2.24, 2.45) is 17.8 Å². The molecule has 0 radical (unpaired) electrons. The van der Waals surface area contributed by atoms with Crippen molar-refractivity contribution in [2.45, 2.75) is 78.7 Å². The molecule has 0 aromatic carbocycles. The monoisotopic (exact) mass is 239 g/mol. The van der Waals surface area contributed by atoms with E-state index in [-0.39, 0.29) is 0 Å². The van der Waals surface area contributed by atoms with E-state index < -0.39 is 0 Å². The molecule has 1 N–H and O–H groups in total. The third-order valence-electron chi connectivity index (χ3n) is 4.67. The summed E-state index contributed by atoms with van der Waals surface area (Å²) in [7, 11) is 0. The van der Waals surface area contributed by atoms with E-state index in [1.165, 1.54) is 51.5 Å². The quantitative estimate of drug-likeness (QED) is 0.667. The van der Waals surface area contributed by atoms with Crippen molar-refractivity contribution in [1.29, 1.82) is 0 Å². The second-order valence-corrected chi connectivity index (χ2v) is 6.24. The highest BCUT2D eigenvalue weighted by atomic mass is 14.9. The van der Waals surface area contributed by atoms with Gasteiger partial charge in [0.2, 0.25) is 0 Å². The normalized spacial score (nSPS) is 28.1. The molecule has 0 aromatic rings. The number of hydrogen-bond donors (Lipinski definition) is 1. The summed E-state index contributed by atoms with van der Waals surface area (Å²) in [6.07, 6.45) is 9.87. The Balaban J connectivity index is 2.42. The number of hydrogen-bond acceptors (Lipinski definition) is 1. The third-order valence-corrected chi connectivity index (χ3v) is 4.67. The van der Waals surface area contributed by atoms with Gasteiger partial charge in [-0.05, 0) is 56.4 Å². The minimum Gasteiger partial charge on any atom is -0.314 e. The highest BCUT2D eigenvalue weighted by Gasteiger charge is 2.25. The van der Waals surface area contributed by atoms with Gasteiger partial charge in [0.25, 0.3) is 0 Å². The van der Waals surface area contributed by atoms with Crippen LogP contribution in [0.15, 0.2) is 0 Å². The zero-order chi connectivity index (χ0) is 12.7. The van der Waals surface area contributed by atoms with E-state index in [4.69, 9.17) is 0 Å². The molecule has 1 aliphatic carbocycles. The molecule has 0 aromatic heterocycles. The topological polar surface area (TPSA) is 12.0 Å². The molecule has 1 saturated carbocycles. The van der Waals surface area contributed by atoms with Crippen molar-refractivity contribution in [3.05, 3.63) is 0 Å². The zero-order valence-electron chi connectivity index (χ0n) is 12.5. The van der Waals surface area contributed by atoms with E-state index in [0.29, 0.717) is 0 Å². The minimum atomic E-state index is 0.779. The number of rotatable bonds is 6. The van der Waals surface area contributed by atoms with Gasteiger partial charge >= 0.3 is 0 Å². The molecular formula is C16H33N. The van der Waals surface area contributed by atoms with Crippen LogP contribution in [0.5, 0.6) is 0 Å². The molecular weight excluding hydrogens is 206 g/mol. The predicted molar refractivity (Wildman–Crippen MR) is 77.3 cm³/mol. The van der Waals surface area contributed by atoms with Gasteiger partial charge in [0.15, 0.2) is 0 Å². The summed E-state index contributed by atoms with van der Waals surface area (Å²) in [6.45, 7) is 10.6. The summed E-state index contributed by atoms with van der Waals surface area (Å²) in [5.74, 6) is 2.82. The fourth-order valence-electron chi connectivity index (χ4n) is 3.40. The first-order valence-electron chi connectivity index (χ1n) is 7.92. The van der Waals surface area contributed by atoms with Crippen LogP contribution in [0.4, 0.5) is 0 Å². The molecule has 0 amide bonds. The van der Waals surface area contributed by atoms with Gasteiger partial charge in [0, 0.05) is 6.04 Å². The van der Waals surface area contributed by atoms with Crippen molar-refractivity contribution in [2.75, 3.05) is 6.54 Å². The standard InChI is InChI=1S/C16H33N/c1-5-12-17-16(6-2)15-9-7-8-14(10-11-15)13(3)4/h13-17H,5-12H2,1-4H3. The van der Waals surface area contributed by atoms with Gasteiger partial charge in [-0.3, -0.25) is 0 Å². The van der Waals surface area contributed by atoms with Gasteiger partial charge in [0.05, 0.1) is 0 Å². The van der Waals surface area contributed by atoms with Crippen LogP contribution in [0, 0.1) is 17.8 Å². The van der Waals surface area contributed by atoms with E-state index in [2.05, 4.69) is 33.0 Å². The van der Waals surface area contributed by atoms with Gasteiger partial charge in [0.1, 0.15) is 0 Å². The summed E-state index contributed by atoms with van der Waals surface area (Å²) in [4.78, 5) is 0. The molecule has 102 valence electrons. The van der Waals surface area contributed by atoms with Crippen LogP contribution in [0.2, 0.25) is 0 Å². The molecule has 1 aliphatic rings. The second kappa shape index (κ2) is 8.13. The lowest BCUT2D eigenvalue weighted by Crippen LogP contribution is -2.36. The maximum absolute atomic E-state index is 3.76. The Kier molecular flexibility index (Phi) is 7.18. The molecule has 0 heterocycles. The maximum atomic E-state index is 3.76. The van der Waals surface area contributed by atoms with Crippen LogP contribution in [0.25, 0.3) is 0 Å². The molecule has 1 nitrogen and oxygen atoms in total. The largest absolute Gasteiger partial charge is 0.314 e. The van der Waals surface area contributed by atoms with Crippen LogP contribution in [-0.4, -0.2) is 12.6 Å². The van der Waals surface area contributed by atoms with Crippen LogP contribution >= 0.6 is 0 Å². The molecule has 0 aliphatic heterocycles. The lowest BCUT2D eigenvalue weighted by Gasteiger charge is -2.26. The van der Waals surface area contributed by atoms with Crippen molar-refractivity contribution < 1.29 is 0 Å². The van der Waals surface area contributed by atoms with Crippen LogP contribution in [0.3, 0.4) is 0 Å². The van der Waals surface area contributed by atoms with E-state index >= 15 is 0 Å². The number of nitrogens with one attached hydrogen (secondary N) is 1. The van der Waals surface area contributed by atoms with Crippen LogP contribution < -0.4 is 5.32 Å². The first-order chi connectivity index (χ1) is 8.19. The van der Waals surface area contributed by atoms with Crippen molar-refractivity contribution >= 4 is 0 Å². The van der Waals surface area contributed by atoms with Crippen LogP contribution in [-0.2, 0) is 0 Å². The molecule has 3 unspecified atom stereocenters. The molecule has 1 fully saturated rings. The zero-order valence-corrected chi connectivity index (χ0v) is 12.5. The van der Waals surface area contributed by atoms with E-state index in [0.717, 1.165) is 23.8 Å². The minimum absolute atomic E-state index is 0.779. The molecule has 3 atom stereocenters. The highest BCUT2D eigenvalue weighted by Crippen LogP contribution is 2.33. The molecule has 17 heavy (non-hydrogen) atoms. The Morgan fingerprint density at radius 3 is 2.24 bits per heavy atom. The summed E-state index contributed by atoms with van der Waals surface area (Å²) in [5, 5.41) is 3.76. The fourth-order valence-corrected chi connectivity index (χ4v) is 3.40.